The van der Waals surface area contributed by atoms with Crippen molar-refractivity contribution in [1.29, 1.82) is 5.26 Å². The molecule has 0 fully saturated rings. The van der Waals surface area contributed by atoms with Crippen molar-refractivity contribution in [2.45, 2.75) is 18.0 Å². The third-order valence-corrected chi connectivity index (χ3v) is 5.09. The first-order valence-electron chi connectivity index (χ1n) is 7.00. The van der Waals surface area contributed by atoms with Crippen molar-refractivity contribution in [3.05, 3.63) is 46.4 Å². The number of hydrogen-bond acceptors (Lipinski definition) is 8. The zero-order chi connectivity index (χ0) is 16.9. The zero-order valence-electron chi connectivity index (χ0n) is 12.7. The van der Waals surface area contributed by atoms with E-state index < -0.39 is 5.92 Å². The molecule has 7 nitrogen and oxygen atoms in total. The maximum Gasteiger partial charge on any atom is 0.214 e. The first-order chi connectivity index (χ1) is 11.7. The van der Waals surface area contributed by atoms with Crippen LogP contribution in [0.25, 0.3) is 5.69 Å². The van der Waals surface area contributed by atoms with Crippen LogP contribution in [0.2, 0.25) is 0 Å². The van der Waals surface area contributed by atoms with Gasteiger partial charge in [-0.2, -0.15) is 9.94 Å². The van der Waals surface area contributed by atoms with Crippen molar-refractivity contribution in [3.63, 3.8) is 0 Å². The predicted octanol–water partition coefficient (Wildman–Crippen LogP) is 2.40. The van der Waals surface area contributed by atoms with E-state index in [1.807, 2.05) is 48.7 Å². The van der Waals surface area contributed by atoms with Gasteiger partial charge in [-0.1, -0.05) is 30.0 Å². The number of para-hydroxylation sites is 1. The SMILES string of the molecule is Cc1csc([C@H](C#N)C(=O)CSc2nnnn2-c2ccccc2)n1. The summed E-state index contributed by atoms with van der Waals surface area (Å²) in [4.78, 5) is 16.6. The van der Waals surface area contributed by atoms with E-state index in [4.69, 9.17) is 0 Å². The first-order valence-corrected chi connectivity index (χ1v) is 8.86. The van der Waals surface area contributed by atoms with Crippen molar-refractivity contribution in [3.8, 4) is 11.8 Å². The maximum atomic E-state index is 12.4. The summed E-state index contributed by atoms with van der Waals surface area (Å²) in [5.74, 6) is -0.957. The lowest BCUT2D eigenvalue weighted by Crippen LogP contribution is -2.13. The monoisotopic (exact) mass is 356 g/mol. The summed E-state index contributed by atoms with van der Waals surface area (Å²) in [7, 11) is 0. The van der Waals surface area contributed by atoms with Gasteiger partial charge in [-0.05, 0) is 29.5 Å². The van der Waals surface area contributed by atoms with Gasteiger partial charge < -0.3 is 0 Å². The Morgan fingerprint density at radius 3 is 2.88 bits per heavy atom. The number of thiazole rings is 1. The van der Waals surface area contributed by atoms with Crippen LogP contribution in [0.15, 0.2) is 40.9 Å². The van der Waals surface area contributed by atoms with Crippen molar-refractivity contribution >= 4 is 28.9 Å². The van der Waals surface area contributed by atoms with Crippen LogP contribution in [-0.4, -0.2) is 36.7 Å². The van der Waals surface area contributed by atoms with Crippen LogP contribution in [-0.2, 0) is 4.79 Å². The molecule has 9 heteroatoms. The number of hydrogen-bond donors (Lipinski definition) is 0. The van der Waals surface area contributed by atoms with Gasteiger partial charge in [-0.3, -0.25) is 4.79 Å². The van der Waals surface area contributed by atoms with Crippen LogP contribution in [0.3, 0.4) is 0 Å². The Morgan fingerprint density at radius 1 is 1.42 bits per heavy atom. The van der Waals surface area contributed by atoms with Gasteiger partial charge in [0.05, 0.1) is 17.5 Å². The molecule has 0 aliphatic carbocycles. The Kier molecular flexibility index (Phi) is 4.98. The molecule has 0 amide bonds. The highest BCUT2D eigenvalue weighted by atomic mass is 32.2. The lowest BCUT2D eigenvalue weighted by molar-refractivity contribution is -0.116. The van der Waals surface area contributed by atoms with Crippen LogP contribution in [0, 0.1) is 18.3 Å². The molecule has 2 heterocycles. The molecule has 0 bridgehead atoms. The van der Waals surface area contributed by atoms with Gasteiger partial charge in [-0.15, -0.1) is 16.4 Å². The number of aromatic nitrogens is 5. The van der Waals surface area contributed by atoms with Gasteiger partial charge in [0.1, 0.15) is 5.01 Å². The standard InChI is InChI=1S/C15H12N6OS2/c1-10-8-23-14(17-10)12(7-16)13(22)9-24-15-18-19-20-21(15)11-5-3-2-4-6-11/h2-6,8,12H,9H2,1H3/t12-/m1/s1. The third-order valence-electron chi connectivity index (χ3n) is 3.12. The first kappa shape index (κ1) is 16.3. The number of benzene rings is 1. The second-order valence-electron chi connectivity index (χ2n) is 4.85. The molecule has 0 N–H and O–H groups in total. The molecule has 0 aliphatic rings. The van der Waals surface area contributed by atoms with Crippen molar-refractivity contribution in [2.24, 2.45) is 0 Å². The Balaban J connectivity index is 1.71. The fourth-order valence-corrected chi connectivity index (χ4v) is 3.65. The van der Waals surface area contributed by atoms with Crippen molar-refractivity contribution < 1.29 is 4.79 Å². The number of thioether (sulfide) groups is 1. The van der Waals surface area contributed by atoms with Crippen LogP contribution in [0.4, 0.5) is 0 Å². The highest BCUT2D eigenvalue weighted by molar-refractivity contribution is 7.99. The molecule has 0 spiro atoms. The third kappa shape index (κ3) is 3.50. The number of carbonyl (C=O) groups excluding carboxylic acids is 1. The van der Waals surface area contributed by atoms with Crippen molar-refractivity contribution in [1.82, 2.24) is 25.2 Å². The molecule has 2 aromatic heterocycles. The minimum absolute atomic E-state index is 0.101. The summed E-state index contributed by atoms with van der Waals surface area (Å²) in [5, 5.41) is 23.7. The lowest BCUT2D eigenvalue weighted by atomic mass is 10.1. The molecule has 3 rings (SSSR count). The minimum Gasteiger partial charge on any atom is -0.297 e. The van der Waals surface area contributed by atoms with Crippen LogP contribution in [0.5, 0.6) is 0 Å². The highest BCUT2D eigenvalue weighted by Gasteiger charge is 2.24. The van der Waals surface area contributed by atoms with E-state index >= 15 is 0 Å². The van der Waals surface area contributed by atoms with Gasteiger partial charge in [-0.25, -0.2) is 4.98 Å². The fraction of sp³-hybridized carbons (Fsp3) is 0.200. The Bertz CT molecular complexity index is 883. The number of rotatable bonds is 6. The van der Waals surface area contributed by atoms with E-state index in [0.29, 0.717) is 10.2 Å². The second kappa shape index (κ2) is 7.33. The molecule has 24 heavy (non-hydrogen) atoms. The van der Waals surface area contributed by atoms with Gasteiger partial charge in [0, 0.05) is 11.1 Å². The Labute approximate surface area is 146 Å². The molecule has 0 aliphatic heterocycles. The topological polar surface area (TPSA) is 97.4 Å². The average Bonchev–Trinajstić information content (AvgIpc) is 3.23. The summed E-state index contributed by atoms with van der Waals surface area (Å²) in [6.45, 7) is 1.83. The second-order valence-corrected chi connectivity index (χ2v) is 6.69. The highest BCUT2D eigenvalue weighted by Crippen LogP contribution is 2.24. The minimum atomic E-state index is -0.850. The number of carbonyl (C=O) groups is 1. The average molecular weight is 356 g/mol. The van der Waals surface area contributed by atoms with E-state index in [0.717, 1.165) is 11.4 Å². The van der Waals surface area contributed by atoms with Gasteiger partial charge in [0.15, 0.2) is 11.7 Å². The molecular formula is C15H12N6OS2. The molecule has 120 valence electrons. The van der Waals surface area contributed by atoms with E-state index in [-0.39, 0.29) is 11.5 Å². The van der Waals surface area contributed by atoms with E-state index in [1.54, 1.807) is 4.68 Å². The molecule has 1 atom stereocenters. The van der Waals surface area contributed by atoms with E-state index in [9.17, 15) is 10.1 Å². The fourth-order valence-electron chi connectivity index (χ4n) is 1.99. The lowest BCUT2D eigenvalue weighted by Gasteiger charge is -2.05. The van der Waals surface area contributed by atoms with E-state index in [2.05, 4.69) is 20.5 Å². The largest absolute Gasteiger partial charge is 0.297 e. The number of tetrazole rings is 1. The zero-order valence-corrected chi connectivity index (χ0v) is 14.3. The summed E-state index contributed by atoms with van der Waals surface area (Å²) >= 11 is 2.53. The summed E-state index contributed by atoms with van der Waals surface area (Å²) in [5.41, 5.74) is 1.62. The van der Waals surface area contributed by atoms with Crippen LogP contribution < -0.4 is 0 Å². The molecule has 0 radical (unpaired) electrons. The smallest absolute Gasteiger partial charge is 0.214 e. The number of aryl methyl sites for hydroxylation is 1. The number of nitriles is 1. The number of nitrogens with zero attached hydrogens (tertiary/aromatic N) is 6. The molecule has 1 aromatic carbocycles. The number of ketones is 1. The Hall–Kier alpha value is -2.57. The molecule has 0 unspecified atom stereocenters. The predicted molar refractivity (Wildman–Crippen MR) is 90.1 cm³/mol. The molecule has 0 saturated heterocycles. The molecule has 0 saturated carbocycles. The summed E-state index contributed by atoms with van der Waals surface area (Å²) in [6.07, 6.45) is 0. The van der Waals surface area contributed by atoms with E-state index in [1.165, 1.54) is 23.1 Å². The summed E-state index contributed by atoms with van der Waals surface area (Å²) < 4.78 is 1.56. The quantitative estimate of drug-likeness (QED) is 0.625. The molecular weight excluding hydrogens is 344 g/mol. The van der Waals surface area contributed by atoms with Crippen molar-refractivity contribution in [2.75, 3.05) is 5.75 Å². The Morgan fingerprint density at radius 2 is 2.21 bits per heavy atom. The summed E-state index contributed by atoms with van der Waals surface area (Å²) in [6, 6.07) is 11.4. The van der Waals surface area contributed by atoms with Crippen LogP contribution >= 0.6 is 23.1 Å². The maximum absolute atomic E-state index is 12.4. The van der Waals surface area contributed by atoms with Crippen LogP contribution in [0.1, 0.15) is 16.6 Å². The van der Waals surface area contributed by atoms with Gasteiger partial charge >= 0.3 is 0 Å². The normalized spacial score (nSPS) is 11.8. The van der Waals surface area contributed by atoms with Gasteiger partial charge in [0.2, 0.25) is 5.16 Å². The van der Waals surface area contributed by atoms with Gasteiger partial charge in [0.25, 0.3) is 0 Å². The number of Topliss-reactive ketones (excluding diaryl/α,β-unsaturated/α-hetero) is 1. The molecule has 3 aromatic rings.